The lowest BCUT2D eigenvalue weighted by atomic mass is 9.86. The number of carbonyl (C=O) groups is 1. The number of hydrogen-bond donors (Lipinski definition) is 2. The van der Waals surface area contributed by atoms with Crippen molar-refractivity contribution in [3.05, 3.63) is 35.9 Å². The Morgan fingerprint density at radius 3 is 2.76 bits per heavy atom. The van der Waals surface area contributed by atoms with E-state index >= 15 is 0 Å². The van der Waals surface area contributed by atoms with Crippen molar-refractivity contribution in [2.45, 2.75) is 44.4 Å². The lowest BCUT2D eigenvalue weighted by Gasteiger charge is -2.29. The summed E-state index contributed by atoms with van der Waals surface area (Å²) in [5, 5.41) is 6.08. The van der Waals surface area contributed by atoms with Crippen LogP contribution in [-0.2, 0) is 5.75 Å². The number of nitrogens with one attached hydrogen (secondary N) is 2. The maximum absolute atomic E-state index is 11.9. The topological polar surface area (TPSA) is 41.1 Å². The average molecular weight is 306 g/mol. The molecule has 0 saturated heterocycles. The van der Waals surface area contributed by atoms with Crippen LogP contribution in [0.5, 0.6) is 0 Å². The minimum absolute atomic E-state index is 0.00550. The van der Waals surface area contributed by atoms with Gasteiger partial charge >= 0.3 is 6.03 Å². The molecule has 2 amide bonds. The quantitative estimate of drug-likeness (QED) is 0.785. The van der Waals surface area contributed by atoms with Crippen molar-refractivity contribution in [3.8, 4) is 0 Å². The number of hydrogen-bond acceptors (Lipinski definition) is 2. The molecule has 116 valence electrons. The zero-order chi connectivity index (χ0) is 14.9. The summed E-state index contributed by atoms with van der Waals surface area (Å²) >= 11 is 1.85. The molecule has 4 heteroatoms. The molecule has 0 aromatic heterocycles. The Hall–Kier alpha value is -1.16. The fraction of sp³-hybridized carbons (Fsp3) is 0.588. The van der Waals surface area contributed by atoms with Gasteiger partial charge < -0.3 is 10.6 Å². The first kappa shape index (κ1) is 16.2. The zero-order valence-electron chi connectivity index (χ0n) is 12.8. The van der Waals surface area contributed by atoms with Gasteiger partial charge in [0.15, 0.2) is 0 Å². The molecule has 2 unspecified atom stereocenters. The molecular formula is C17H26N2OS. The highest BCUT2D eigenvalue weighted by Gasteiger charge is 2.22. The van der Waals surface area contributed by atoms with Gasteiger partial charge in [0.2, 0.25) is 0 Å². The summed E-state index contributed by atoms with van der Waals surface area (Å²) in [6.07, 6.45) is 4.90. The molecule has 2 rings (SSSR count). The first-order chi connectivity index (χ1) is 10.3. The van der Waals surface area contributed by atoms with E-state index in [9.17, 15) is 4.79 Å². The molecule has 3 nitrogen and oxygen atoms in total. The summed E-state index contributed by atoms with van der Waals surface area (Å²) in [6.45, 7) is 2.96. The molecule has 2 atom stereocenters. The lowest BCUT2D eigenvalue weighted by Crippen LogP contribution is -2.46. The first-order valence-corrected chi connectivity index (χ1v) is 9.07. The Labute approximate surface area is 132 Å². The fourth-order valence-corrected chi connectivity index (χ4v) is 3.57. The van der Waals surface area contributed by atoms with Crippen LogP contribution in [0, 0.1) is 5.92 Å². The average Bonchev–Trinajstić information content (AvgIpc) is 2.50. The predicted molar refractivity (Wildman–Crippen MR) is 90.6 cm³/mol. The van der Waals surface area contributed by atoms with E-state index in [1.807, 2.05) is 17.8 Å². The number of rotatable bonds is 6. The van der Waals surface area contributed by atoms with Crippen LogP contribution in [0.15, 0.2) is 30.3 Å². The SMILES string of the molecule is CC1CCCCC1NC(=O)NCCSCc1ccccc1. The van der Waals surface area contributed by atoms with E-state index in [-0.39, 0.29) is 6.03 Å². The Morgan fingerprint density at radius 2 is 2.00 bits per heavy atom. The van der Waals surface area contributed by atoms with E-state index in [1.54, 1.807) is 0 Å². The van der Waals surface area contributed by atoms with Gasteiger partial charge in [-0.15, -0.1) is 0 Å². The standard InChI is InChI=1S/C17H26N2OS/c1-14-7-5-6-10-16(14)19-17(20)18-11-12-21-13-15-8-3-2-4-9-15/h2-4,8-9,14,16H,5-7,10-13H2,1H3,(H2,18,19,20). The Morgan fingerprint density at radius 1 is 1.24 bits per heavy atom. The van der Waals surface area contributed by atoms with Crippen molar-refractivity contribution in [3.63, 3.8) is 0 Å². The second kappa shape index (κ2) is 8.98. The van der Waals surface area contributed by atoms with Crippen LogP contribution in [0.2, 0.25) is 0 Å². The van der Waals surface area contributed by atoms with Gasteiger partial charge in [0, 0.05) is 24.1 Å². The maximum Gasteiger partial charge on any atom is 0.315 e. The molecule has 1 fully saturated rings. The predicted octanol–water partition coefficient (Wildman–Crippen LogP) is 3.80. The van der Waals surface area contributed by atoms with Gasteiger partial charge in [0.1, 0.15) is 0 Å². The number of thioether (sulfide) groups is 1. The largest absolute Gasteiger partial charge is 0.337 e. The van der Waals surface area contributed by atoms with Crippen LogP contribution in [0.1, 0.15) is 38.2 Å². The summed E-state index contributed by atoms with van der Waals surface area (Å²) in [6, 6.07) is 10.8. The van der Waals surface area contributed by atoms with Gasteiger partial charge in [-0.1, -0.05) is 50.1 Å². The maximum atomic E-state index is 11.9. The van der Waals surface area contributed by atoms with Crippen molar-refractivity contribution < 1.29 is 4.79 Å². The van der Waals surface area contributed by atoms with Crippen LogP contribution in [0.4, 0.5) is 4.79 Å². The van der Waals surface area contributed by atoms with E-state index < -0.39 is 0 Å². The minimum atomic E-state index is -0.00550. The second-order valence-corrected chi connectivity index (χ2v) is 6.91. The normalized spacial score (nSPS) is 21.8. The van der Waals surface area contributed by atoms with Gasteiger partial charge in [-0.2, -0.15) is 11.8 Å². The summed E-state index contributed by atoms with van der Waals surface area (Å²) in [4.78, 5) is 11.9. The summed E-state index contributed by atoms with van der Waals surface area (Å²) in [5.74, 6) is 2.56. The van der Waals surface area contributed by atoms with Crippen molar-refractivity contribution in [1.82, 2.24) is 10.6 Å². The molecule has 0 heterocycles. The van der Waals surface area contributed by atoms with Crippen LogP contribution in [-0.4, -0.2) is 24.4 Å². The van der Waals surface area contributed by atoms with Gasteiger partial charge in [-0.3, -0.25) is 0 Å². The number of benzene rings is 1. The number of amides is 2. The van der Waals surface area contributed by atoms with E-state index in [4.69, 9.17) is 0 Å². The molecule has 0 bridgehead atoms. The van der Waals surface area contributed by atoms with E-state index in [1.165, 1.54) is 24.8 Å². The third-order valence-corrected chi connectivity index (χ3v) is 5.10. The van der Waals surface area contributed by atoms with E-state index in [0.717, 1.165) is 24.5 Å². The molecule has 21 heavy (non-hydrogen) atoms. The first-order valence-electron chi connectivity index (χ1n) is 7.92. The van der Waals surface area contributed by atoms with Crippen molar-refractivity contribution in [2.24, 2.45) is 5.92 Å². The van der Waals surface area contributed by atoms with E-state index in [0.29, 0.717) is 12.0 Å². The molecule has 0 aliphatic heterocycles. The van der Waals surface area contributed by atoms with Crippen LogP contribution in [0.3, 0.4) is 0 Å². The molecule has 1 aliphatic rings. The Bertz CT molecular complexity index is 424. The molecule has 1 aromatic rings. The molecular weight excluding hydrogens is 280 g/mol. The van der Waals surface area contributed by atoms with Gasteiger partial charge in [0.05, 0.1) is 0 Å². The molecule has 1 aliphatic carbocycles. The second-order valence-electron chi connectivity index (χ2n) is 5.81. The number of carbonyl (C=O) groups excluding carboxylic acids is 1. The summed E-state index contributed by atoms with van der Waals surface area (Å²) in [5.41, 5.74) is 1.34. The summed E-state index contributed by atoms with van der Waals surface area (Å²) in [7, 11) is 0. The highest BCUT2D eigenvalue weighted by Crippen LogP contribution is 2.23. The smallest absolute Gasteiger partial charge is 0.315 e. The molecule has 0 spiro atoms. The van der Waals surface area contributed by atoms with E-state index in [2.05, 4.69) is 41.8 Å². The van der Waals surface area contributed by atoms with Crippen molar-refractivity contribution in [2.75, 3.05) is 12.3 Å². The molecule has 1 saturated carbocycles. The van der Waals surface area contributed by atoms with Crippen molar-refractivity contribution >= 4 is 17.8 Å². The summed E-state index contributed by atoms with van der Waals surface area (Å²) < 4.78 is 0. The van der Waals surface area contributed by atoms with Gasteiger partial charge in [-0.05, 0) is 24.3 Å². The van der Waals surface area contributed by atoms with Crippen molar-refractivity contribution in [1.29, 1.82) is 0 Å². The fourth-order valence-electron chi connectivity index (χ4n) is 2.75. The van der Waals surface area contributed by atoms with Crippen LogP contribution < -0.4 is 10.6 Å². The lowest BCUT2D eigenvalue weighted by molar-refractivity contribution is 0.222. The Kier molecular flexibility index (Phi) is 6.93. The van der Waals surface area contributed by atoms with Crippen LogP contribution in [0.25, 0.3) is 0 Å². The minimum Gasteiger partial charge on any atom is -0.337 e. The monoisotopic (exact) mass is 306 g/mol. The van der Waals surface area contributed by atoms with Crippen LogP contribution >= 0.6 is 11.8 Å². The molecule has 1 aromatic carbocycles. The van der Waals surface area contributed by atoms with Gasteiger partial charge in [0.25, 0.3) is 0 Å². The highest BCUT2D eigenvalue weighted by molar-refractivity contribution is 7.98. The third-order valence-electron chi connectivity index (χ3n) is 4.07. The Balaban J connectivity index is 1.55. The highest BCUT2D eigenvalue weighted by atomic mass is 32.2. The zero-order valence-corrected chi connectivity index (χ0v) is 13.6. The molecule has 2 N–H and O–H groups in total. The number of urea groups is 1. The molecule has 0 radical (unpaired) electrons. The van der Waals surface area contributed by atoms with Gasteiger partial charge in [-0.25, -0.2) is 4.79 Å². The third kappa shape index (κ3) is 6.00.